The first-order chi connectivity index (χ1) is 10.7. The first kappa shape index (κ1) is 20.9. The molecular formula is C19H28O4. The van der Waals surface area contributed by atoms with Crippen molar-refractivity contribution in [2.75, 3.05) is 14.2 Å². The van der Waals surface area contributed by atoms with Gasteiger partial charge < -0.3 is 9.47 Å². The summed E-state index contributed by atoms with van der Waals surface area (Å²) in [5, 5.41) is 0. The van der Waals surface area contributed by atoms with E-state index >= 15 is 0 Å². The highest BCUT2D eigenvalue weighted by Gasteiger charge is 2.46. The number of ether oxygens (including phenoxy) is 2. The summed E-state index contributed by atoms with van der Waals surface area (Å²) in [5.41, 5.74) is 3.49. The molecular weight excluding hydrogens is 292 g/mol. The van der Waals surface area contributed by atoms with Gasteiger partial charge >= 0.3 is 11.9 Å². The van der Waals surface area contributed by atoms with Gasteiger partial charge in [-0.3, -0.25) is 9.59 Å². The van der Waals surface area contributed by atoms with E-state index in [-0.39, 0.29) is 12.8 Å². The Balaban J connectivity index is 5.64. The van der Waals surface area contributed by atoms with E-state index in [1.165, 1.54) is 14.2 Å². The van der Waals surface area contributed by atoms with Gasteiger partial charge in [0.05, 0.1) is 14.2 Å². The van der Waals surface area contributed by atoms with Crippen molar-refractivity contribution in [1.29, 1.82) is 0 Å². The van der Waals surface area contributed by atoms with E-state index in [1.54, 1.807) is 12.2 Å². The van der Waals surface area contributed by atoms with Crippen LogP contribution < -0.4 is 0 Å². The van der Waals surface area contributed by atoms with Crippen molar-refractivity contribution in [3.63, 3.8) is 0 Å². The second kappa shape index (κ2) is 9.86. The lowest BCUT2D eigenvalue weighted by Crippen LogP contribution is -2.40. The highest BCUT2D eigenvalue weighted by Crippen LogP contribution is 2.32. The zero-order valence-corrected chi connectivity index (χ0v) is 15.1. The van der Waals surface area contributed by atoms with Crippen LogP contribution in [0.3, 0.4) is 0 Å². The zero-order chi connectivity index (χ0) is 18.0. The van der Waals surface area contributed by atoms with Gasteiger partial charge in [-0.2, -0.15) is 0 Å². The normalized spacial score (nSPS) is 11.1. The number of carbonyl (C=O) groups excluding carboxylic acids is 2. The third-order valence-electron chi connectivity index (χ3n) is 3.53. The standard InChI is InChI=1S/C19H28O4/c1-14(2)10-8-12-19(17(20)22-6,18(21)23-7)13-9-11-16(5)15(3)4/h8-9,11,15H,5,12-13H2,1-4,6-7H3/b11-9+. The summed E-state index contributed by atoms with van der Waals surface area (Å²) < 4.78 is 9.70. The molecule has 0 aromatic rings. The Labute approximate surface area is 139 Å². The number of hydrogen-bond acceptors (Lipinski definition) is 4. The van der Waals surface area contributed by atoms with Gasteiger partial charge in [0.1, 0.15) is 0 Å². The van der Waals surface area contributed by atoms with Gasteiger partial charge in [0, 0.05) is 0 Å². The molecule has 0 N–H and O–H groups in total. The van der Waals surface area contributed by atoms with Crippen LogP contribution in [0, 0.1) is 11.3 Å². The Morgan fingerprint density at radius 1 is 1.13 bits per heavy atom. The number of hydrogen-bond donors (Lipinski definition) is 0. The average molecular weight is 320 g/mol. The molecule has 0 rings (SSSR count). The maximum Gasteiger partial charge on any atom is 0.323 e. The Morgan fingerprint density at radius 3 is 2.04 bits per heavy atom. The van der Waals surface area contributed by atoms with Crippen molar-refractivity contribution in [2.24, 2.45) is 11.3 Å². The fourth-order valence-corrected chi connectivity index (χ4v) is 1.92. The molecule has 0 amide bonds. The molecule has 0 saturated carbocycles. The lowest BCUT2D eigenvalue weighted by atomic mass is 9.80. The summed E-state index contributed by atoms with van der Waals surface area (Å²) in [6, 6.07) is 0. The van der Waals surface area contributed by atoms with E-state index in [4.69, 9.17) is 9.47 Å². The fourth-order valence-electron chi connectivity index (χ4n) is 1.92. The van der Waals surface area contributed by atoms with Gasteiger partial charge in [-0.25, -0.2) is 0 Å². The molecule has 4 nitrogen and oxygen atoms in total. The second-order valence-corrected chi connectivity index (χ2v) is 5.95. The highest BCUT2D eigenvalue weighted by molar-refractivity contribution is 6.00. The fraction of sp³-hybridized carbons (Fsp3) is 0.526. The first-order valence-electron chi connectivity index (χ1n) is 7.61. The van der Waals surface area contributed by atoms with Crippen molar-refractivity contribution in [2.45, 2.75) is 40.5 Å². The first-order valence-corrected chi connectivity index (χ1v) is 7.61. The zero-order valence-electron chi connectivity index (χ0n) is 15.1. The van der Waals surface area contributed by atoms with Crippen LogP contribution in [0.15, 0.2) is 41.7 Å². The Morgan fingerprint density at radius 2 is 1.65 bits per heavy atom. The summed E-state index contributed by atoms with van der Waals surface area (Å²) in [7, 11) is 2.53. The quantitative estimate of drug-likeness (QED) is 0.294. The monoisotopic (exact) mass is 320 g/mol. The van der Waals surface area contributed by atoms with Gasteiger partial charge in [0.25, 0.3) is 0 Å². The minimum Gasteiger partial charge on any atom is -0.468 e. The van der Waals surface area contributed by atoms with Crippen molar-refractivity contribution in [3.05, 3.63) is 41.7 Å². The maximum absolute atomic E-state index is 12.3. The van der Waals surface area contributed by atoms with Gasteiger partial charge in [0.2, 0.25) is 0 Å². The average Bonchev–Trinajstić information content (AvgIpc) is 2.51. The minimum atomic E-state index is -1.40. The summed E-state index contributed by atoms with van der Waals surface area (Å²) in [6.07, 6.45) is 5.62. The molecule has 0 saturated heterocycles. The molecule has 0 spiro atoms. The van der Waals surface area contributed by atoms with Crippen molar-refractivity contribution >= 4 is 11.9 Å². The molecule has 0 fully saturated rings. The maximum atomic E-state index is 12.3. The van der Waals surface area contributed by atoms with E-state index in [2.05, 4.69) is 12.3 Å². The van der Waals surface area contributed by atoms with Gasteiger partial charge in [-0.05, 0) is 44.3 Å². The van der Waals surface area contributed by atoms with Crippen LogP contribution in [-0.2, 0) is 19.1 Å². The van der Waals surface area contributed by atoms with Crippen LogP contribution in [0.25, 0.3) is 0 Å². The van der Waals surface area contributed by atoms with Crippen LogP contribution in [0.1, 0.15) is 40.5 Å². The molecule has 0 atom stereocenters. The van der Waals surface area contributed by atoms with Crippen molar-refractivity contribution in [1.82, 2.24) is 0 Å². The summed E-state index contributed by atoms with van der Waals surface area (Å²) in [4.78, 5) is 24.6. The third-order valence-corrected chi connectivity index (χ3v) is 3.53. The SMILES string of the molecule is C=C(/C=C/CC(CC=C=C(C)C)(C(=O)OC)C(=O)OC)C(C)C. The molecule has 0 aromatic carbocycles. The lowest BCUT2D eigenvalue weighted by molar-refractivity contribution is -0.168. The van der Waals surface area contributed by atoms with Crippen molar-refractivity contribution < 1.29 is 19.1 Å². The number of methoxy groups -OCH3 is 2. The van der Waals surface area contributed by atoms with Gasteiger partial charge in [-0.15, -0.1) is 5.73 Å². The molecule has 0 aliphatic rings. The Bertz CT molecular complexity index is 512. The lowest BCUT2D eigenvalue weighted by Gasteiger charge is -2.25. The van der Waals surface area contributed by atoms with Crippen LogP contribution in [0.2, 0.25) is 0 Å². The Hall–Kier alpha value is -2.06. The van der Waals surface area contributed by atoms with Crippen LogP contribution in [-0.4, -0.2) is 26.2 Å². The molecule has 0 aliphatic heterocycles. The molecule has 0 bridgehead atoms. The minimum absolute atomic E-state index is 0.163. The highest BCUT2D eigenvalue weighted by atomic mass is 16.5. The Kier molecular flexibility index (Phi) is 8.97. The molecule has 0 radical (unpaired) electrons. The molecule has 0 aliphatic carbocycles. The smallest absolute Gasteiger partial charge is 0.323 e. The molecule has 4 heteroatoms. The number of esters is 2. The predicted molar refractivity (Wildman–Crippen MR) is 91.8 cm³/mol. The van der Waals surface area contributed by atoms with Crippen LogP contribution in [0.4, 0.5) is 0 Å². The second-order valence-electron chi connectivity index (χ2n) is 5.95. The van der Waals surface area contributed by atoms with Crippen LogP contribution in [0.5, 0.6) is 0 Å². The van der Waals surface area contributed by atoms with E-state index in [9.17, 15) is 9.59 Å². The summed E-state index contributed by atoms with van der Waals surface area (Å²) >= 11 is 0. The molecule has 0 heterocycles. The van der Waals surface area contributed by atoms with Gasteiger partial charge in [0.15, 0.2) is 5.41 Å². The van der Waals surface area contributed by atoms with E-state index < -0.39 is 17.4 Å². The number of rotatable bonds is 8. The molecule has 0 unspecified atom stereocenters. The largest absolute Gasteiger partial charge is 0.468 e. The van der Waals surface area contributed by atoms with E-state index in [0.29, 0.717) is 5.92 Å². The van der Waals surface area contributed by atoms with E-state index in [1.807, 2.05) is 33.8 Å². The molecule has 23 heavy (non-hydrogen) atoms. The third kappa shape index (κ3) is 6.29. The van der Waals surface area contributed by atoms with Gasteiger partial charge in [-0.1, -0.05) is 38.2 Å². The predicted octanol–water partition coefficient (Wildman–Crippen LogP) is 3.99. The van der Waals surface area contributed by atoms with Crippen LogP contribution >= 0.6 is 0 Å². The number of carbonyl (C=O) groups is 2. The molecule has 0 aromatic heterocycles. The topological polar surface area (TPSA) is 52.6 Å². The molecule has 128 valence electrons. The summed E-state index contributed by atoms with van der Waals surface area (Å²) in [5.74, 6) is -0.936. The summed E-state index contributed by atoms with van der Waals surface area (Å²) in [6.45, 7) is 11.8. The van der Waals surface area contributed by atoms with Crippen molar-refractivity contribution in [3.8, 4) is 0 Å². The van der Waals surface area contributed by atoms with E-state index in [0.717, 1.165) is 11.1 Å². The number of allylic oxidation sites excluding steroid dienone is 4.